The molecule has 1 saturated heterocycles. The topological polar surface area (TPSA) is 72.1 Å². The van der Waals surface area contributed by atoms with Gasteiger partial charge in [-0.25, -0.2) is 0 Å². The Balaban J connectivity index is 1.77. The molecule has 0 spiro atoms. The molecule has 0 radical (unpaired) electrons. The molecule has 0 aromatic carbocycles. The number of nitrogens with zero attached hydrogens (tertiary/aromatic N) is 4. The van der Waals surface area contributed by atoms with Crippen molar-refractivity contribution in [3.63, 3.8) is 0 Å². The Hall–Kier alpha value is -2.24. The lowest BCUT2D eigenvalue weighted by Crippen LogP contribution is -2.28. The SMILES string of the molecule is Cc1noc([C@@H]2CN(C(=O)c3ccncc3)C[C@H]2C)n1. The van der Waals surface area contributed by atoms with Crippen LogP contribution in [0.3, 0.4) is 0 Å². The van der Waals surface area contributed by atoms with E-state index in [2.05, 4.69) is 22.0 Å². The maximum Gasteiger partial charge on any atom is 0.253 e. The summed E-state index contributed by atoms with van der Waals surface area (Å²) in [6.45, 7) is 5.22. The van der Waals surface area contributed by atoms with Gasteiger partial charge in [-0.1, -0.05) is 12.1 Å². The van der Waals surface area contributed by atoms with Crippen molar-refractivity contribution in [2.24, 2.45) is 5.92 Å². The van der Waals surface area contributed by atoms with Crippen molar-refractivity contribution in [1.82, 2.24) is 20.0 Å². The van der Waals surface area contributed by atoms with Crippen LogP contribution in [0.5, 0.6) is 0 Å². The predicted molar refractivity (Wildman–Crippen MR) is 71.1 cm³/mol. The summed E-state index contributed by atoms with van der Waals surface area (Å²) in [7, 11) is 0. The van der Waals surface area contributed by atoms with Crippen molar-refractivity contribution in [2.45, 2.75) is 19.8 Å². The Kier molecular flexibility index (Phi) is 3.22. The molecule has 0 bridgehead atoms. The molecule has 0 unspecified atom stereocenters. The molecule has 104 valence electrons. The lowest BCUT2D eigenvalue weighted by atomic mass is 9.98. The molecule has 3 rings (SSSR count). The fourth-order valence-electron chi connectivity index (χ4n) is 2.59. The van der Waals surface area contributed by atoms with E-state index in [0.29, 0.717) is 36.3 Å². The van der Waals surface area contributed by atoms with Crippen molar-refractivity contribution in [1.29, 1.82) is 0 Å². The van der Waals surface area contributed by atoms with Crippen LogP contribution >= 0.6 is 0 Å². The van der Waals surface area contributed by atoms with Crippen LogP contribution in [0, 0.1) is 12.8 Å². The highest BCUT2D eigenvalue weighted by molar-refractivity contribution is 5.94. The average Bonchev–Trinajstić information content (AvgIpc) is 3.05. The quantitative estimate of drug-likeness (QED) is 0.831. The Morgan fingerprint density at radius 2 is 2.10 bits per heavy atom. The minimum absolute atomic E-state index is 0.0259. The molecule has 3 heterocycles. The standard InChI is InChI=1S/C14H16N4O2/c1-9-7-18(14(19)11-3-5-15-6-4-11)8-12(9)13-16-10(2)17-20-13/h3-6,9,12H,7-8H2,1-2H3/t9-,12-/m1/s1. The highest BCUT2D eigenvalue weighted by Crippen LogP contribution is 2.32. The van der Waals surface area contributed by atoms with Gasteiger partial charge in [-0.3, -0.25) is 9.78 Å². The van der Waals surface area contributed by atoms with Crippen LogP contribution in [0.25, 0.3) is 0 Å². The van der Waals surface area contributed by atoms with Crippen molar-refractivity contribution in [3.05, 3.63) is 41.8 Å². The number of amides is 1. The maximum absolute atomic E-state index is 12.4. The van der Waals surface area contributed by atoms with Gasteiger partial charge < -0.3 is 9.42 Å². The molecule has 0 aliphatic carbocycles. The zero-order valence-electron chi connectivity index (χ0n) is 11.5. The van der Waals surface area contributed by atoms with E-state index in [9.17, 15) is 4.79 Å². The van der Waals surface area contributed by atoms with Crippen molar-refractivity contribution >= 4 is 5.91 Å². The number of likely N-dealkylation sites (tertiary alicyclic amines) is 1. The molecule has 2 aromatic heterocycles. The van der Waals surface area contributed by atoms with E-state index in [1.165, 1.54) is 0 Å². The molecule has 2 aromatic rings. The van der Waals surface area contributed by atoms with Crippen molar-refractivity contribution < 1.29 is 9.32 Å². The summed E-state index contributed by atoms with van der Waals surface area (Å²) in [5, 5.41) is 3.83. The summed E-state index contributed by atoms with van der Waals surface area (Å²) in [6.07, 6.45) is 3.26. The van der Waals surface area contributed by atoms with E-state index in [4.69, 9.17) is 4.52 Å². The van der Waals surface area contributed by atoms with Gasteiger partial charge in [0.2, 0.25) is 5.89 Å². The number of carbonyl (C=O) groups excluding carboxylic acids is 1. The molecule has 0 saturated carbocycles. The maximum atomic E-state index is 12.4. The molecule has 0 N–H and O–H groups in total. The monoisotopic (exact) mass is 272 g/mol. The summed E-state index contributed by atoms with van der Waals surface area (Å²) in [4.78, 5) is 22.5. The Morgan fingerprint density at radius 3 is 2.75 bits per heavy atom. The first-order valence-electron chi connectivity index (χ1n) is 6.64. The van der Waals surface area contributed by atoms with Gasteiger partial charge in [0.25, 0.3) is 5.91 Å². The van der Waals surface area contributed by atoms with E-state index in [1.807, 2.05) is 4.90 Å². The van der Waals surface area contributed by atoms with Crippen LogP contribution in [0.1, 0.15) is 34.9 Å². The van der Waals surface area contributed by atoms with E-state index in [-0.39, 0.29) is 11.8 Å². The van der Waals surface area contributed by atoms with E-state index in [1.54, 1.807) is 31.5 Å². The predicted octanol–water partition coefficient (Wildman–Crippen LogP) is 1.65. The molecule has 20 heavy (non-hydrogen) atoms. The van der Waals surface area contributed by atoms with Crippen LogP contribution in [0.2, 0.25) is 0 Å². The molecule has 6 heteroatoms. The molecular weight excluding hydrogens is 256 g/mol. The van der Waals surface area contributed by atoms with Crippen LogP contribution in [-0.2, 0) is 0 Å². The normalized spacial score (nSPS) is 22.2. The summed E-state index contributed by atoms with van der Waals surface area (Å²) in [5.41, 5.74) is 0.662. The molecule has 1 aliphatic heterocycles. The van der Waals surface area contributed by atoms with Gasteiger partial charge in [0, 0.05) is 31.0 Å². The van der Waals surface area contributed by atoms with Gasteiger partial charge in [-0.2, -0.15) is 4.98 Å². The lowest BCUT2D eigenvalue weighted by molar-refractivity contribution is 0.0786. The third kappa shape index (κ3) is 2.29. The van der Waals surface area contributed by atoms with E-state index in [0.717, 1.165) is 0 Å². The Labute approximate surface area is 116 Å². The summed E-state index contributed by atoms with van der Waals surface area (Å²) < 4.78 is 5.24. The van der Waals surface area contributed by atoms with E-state index < -0.39 is 0 Å². The number of aryl methyl sites for hydroxylation is 1. The second-order valence-electron chi connectivity index (χ2n) is 5.21. The van der Waals surface area contributed by atoms with E-state index >= 15 is 0 Å². The van der Waals surface area contributed by atoms with Gasteiger partial charge >= 0.3 is 0 Å². The minimum atomic E-state index is 0.0259. The average molecular weight is 272 g/mol. The van der Waals surface area contributed by atoms with Gasteiger partial charge in [-0.05, 0) is 25.0 Å². The fourth-order valence-corrected chi connectivity index (χ4v) is 2.59. The number of pyridine rings is 1. The first kappa shape index (κ1) is 12.8. The molecule has 6 nitrogen and oxygen atoms in total. The van der Waals surface area contributed by atoms with Gasteiger partial charge in [0.1, 0.15) is 0 Å². The number of carbonyl (C=O) groups is 1. The number of rotatable bonds is 2. The Morgan fingerprint density at radius 1 is 1.35 bits per heavy atom. The van der Waals surface area contributed by atoms with Gasteiger partial charge in [0.05, 0.1) is 5.92 Å². The summed E-state index contributed by atoms with van der Waals surface area (Å²) >= 11 is 0. The highest BCUT2D eigenvalue weighted by Gasteiger charge is 2.36. The minimum Gasteiger partial charge on any atom is -0.339 e. The third-order valence-corrected chi connectivity index (χ3v) is 3.69. The first-order valence-corrected chi connectivity index (χ1v) is 6.64. The zero-order valence-corrected chi connectivity index (χ0v) is 11.5. The number of hydrogen-bond acceptors (Lipinski definition) is 5. The van der Waals surface area contributed by atoms with Crippen molar-refractivity contribution in [2.75, 3.05) is 13.1 Å². The smallest absolute Gasteiger partial charge is 0.253 e. The largest absolute Gasteiger partial charge is 0.339 e. The second-order valence-corrected chi connectivity index (χ2v) is 5.21. The Bertz CT molecular complexity index is 611. The zero-order chi connectivity index (χ0) is 14.1. The molecule has 1 aliphatic rings. The van der Waals surface area contributed by atoms with Crippen molar-refractivity contribution in [3.8, 4) is 0 Å². The second kappa shape index (κ2) is 5.03. The third-order valence-electron chi connectivity index (χ3n) is 3.69. The lowest BCUT2D eigenvalue weighted by Gasteiger charge is -2.15. The molecule has 1 fully saturated rings. The summed E-state index contributed by atoms with van der Waals surface area (Å²) in [6, 6.07) is 3.47. The fraction of sp³-hybridized carbons (Fsp3) is 0.429. The first-order chi connectivity index (χ1) is 9.65. The molecule has 2 atom stereocenters. The molecular formula is C14H16N4O2. The number of aromatic nitrogens is 3. The van der Waals surface area contributed by atoms with Gasteiger partial charge in [0.15, 0.2) is 5.82 Å². The molecule has 1 amide bonds. The van der Waals surface area contributed by atoms with Crippen LogP contribution < -0.4 is 0 Å². The van der Waals surface area contributed by atoms with Crippen LogP contribution in [-0.4, -0.2) is 39.0 Å². The van der Waals surface area contributed by atoms with Gasteiger partial charge in [-0.15, -0.1) is 0 Å². The summed E-state index contributed by atoms with van der Waals surface area (Å²) in [5.74, 6) is 1.70. The number of hydrogen-bond donors (Lipinski definition) is 0. The highest BCUT2D eigenvalue weighted by atomic mass is 16.5. The van der Waals surface area contributed by atoms with Crippen LogP contribution in [0.4, 0.5) is 0 Å². The van der Waals surface area contributed by atoms with Crippen LogP contribution in [0.15, 0.2) is 29.0 Å².